The number of halogens is 2. The molecule has 4 rings (SSSR count). The van der Waals surface area contributed by atoms with Gasteiger partial charge in [-0.3, -0.25) is 9.59 Å². The van der Waals surface area contributed by atoms with Gasteiger partial charge in [0.1, 0.15) is 0 Å². The average Bonchev–Trinajstić information content (AvgIpc) is 3.25. The molecule has 0 saturated carbocycles. The molecule has 0 radical (unpaired) electrons. The fourth-order valence-electron chi connectivity index (χ4n) is 3.23. The van der Waals surface area contributed by atoms with Crippen molar-refractivity contribution in [1.82, 2.24) is 5.32 Å². The number of anilines is 1. The fraction of sp³-hybridized carbons (Fsp3) is 0.263. The lowest BCUT2D eigenvalue weighted by molar-refractivity contribution is -0.117. The van der Waals surface area contributed by atoms with Gasteiger partial charge in [-0.25, -0.2) is 0 Å². The normalized spacial score (nSPS) is 18.1. The van der Waals surface area contributed by atoms with E-state index in [-0.39, 0.29) is 24.5 Å². The molecule has 1 atom stereocenters. The maximum Gasteiger partial charge on any atom is 0.252 e. The smallest absolute Gasteiger partial charge is 0.252 e. The molecular formula is C19H16Cl2N2O4. The second-order valence-electron chi connectivity index (χ2n) is 6.45. The molecule has 0 aliphatic carbocycles. The van der Waals surface area contributed by atoms with Crippen molar-refractivity contribution in [3.8, 4) is 11.5 Å². The van der Waals surface area contributed by atoms with Crippen molar-refractivity contribution in [2.45, 2.75) is 6.42 Å². The lowest BCUT2D eigenvalue weighted by atomic mass is 10.1. The topological polar surface area (TPSA) is 67.9 Å². The minimum atomic E-state index is -0.286. The summed E-state index contributed by atoms with van der Waals surface area (Å²) in [6.07, 6.45) is 0.364. The van der Waals surface area contributed by atoms with Gasteiger partial charge in [-0.2, -0.15) is 0 Å². The van der Waals surface area contributed by atoms with Crippen molar-refractivity contribution in [1.29, 1.82) is 0 Å². The Morgan fingerprint density at radius 1 is 1.15 bits per heavy atom. The maximum atomic E-state index is 12.4. The van der Waals surface area contributed by atoms with Gasteiger partial charge in [0.05, 0.1) is 10.6 Å². The zero-order chi connectivity index (χ0) is 19.0. The first kappa shape index (κ1) is 17.9. The average molecular weight is 407 g/mol. The Morgan fingerprint density at radius 3 is 2.78 bits per heavy atom. The van der Waals surface area contributed by atoms with Gasteiger partial charge in [-0.1, -0.05) is 23.2 Å². The van der Waals surface area contributed by atoms with Crippen LogP contribution in [0.3, 0.4) is 0 Å². The zero-order valence-corrected chi connectivity index (χ0v) is 15.7. The predicted molar refractivity (Wildman–Crippen MR) is 102 cm³/mol. The number of carbonyl (C=O) groups excluding carboxylic acids is 2. The molecular weight excluding hydrogens is 391 g/mol. The van der Waals surface area contributed by atoms with E-state index in [0.29, 0.717) is 46.6 Å². The summed E-state index contributed by atoms with van der Waals surface area (Å²) in [5.41, 5.74) is 1.12. The number of hydrogen-bond acceptors (Lipinski definition) is 4. The molecule has 2 aliphatic heterocycles. The van der Waals surface area contributed by atoms with Gasteiger partial charge in [0.15, 0.2) is 11.5 Å². The molecule has 27 heavy (non-hydrogen) atoms. The van der Waals surface area contributed by atoms with Crippen LogP contribution in [0.2, 0.25) is 10.0 Å². The highest BCUT2D eigenvalue weighted by Gasteiger charge is 2.31. The summed E-state index contributed by atoms with van der Waals surface area (Å²) in [7, 11) is 0. The third-order valence-corrected chi connectivity index (χ3v) is 5.15. The molecule has 140 valence electrons. The van der Waals surface area contributed by atoms with E-state index < -0.39 is 0 Å². The summed E-state index contributed by atoms with van der Waals surface area (Å²) in [5.74, 6) is 1.05. The molecule has 0 bridgehead atoms. The standard InChI is InChI=1S/C19H16Cl2N2O4/c20-12-1-3-14(15(21)6-12)19(25)22-8-11-5-18(24)23(9-11)13-2-4-16-17(7-13)27-10-26-16/h1-4,6-7,11H,5,8-10H2,(H,22,25). The molecule has 1 fully saturated rings. The molecule has 2 aliphatic rings. The monoisotopic (exact) mass is 406 g/mol. The van der Waals surface area contributed by atoms with Gasteiger partial charge in [0.2, 0.25) is 12.7 Å². The van der Waals surface area contributed by atoms with Crippen LogP contribution in [0.5, 0.6) is 11.5 Å². The van der Waals surface area contributed by atoms with Crippen LogP contribution in [0, 0.1) is 5.92 Å². The van der Waals surface area contributed by atoms with E-state index in [9.17, 15) is 9.59 Å². The van der Waals surface area contributed by atoms with Crippen LogP contribution in [0.1, 0.15) is 16.8 Å². The van der Waals surface area contributed by atoms with Crippen molar-refractivity contribution in [3.63, 3.8) is 0 Å². The lowest BCUT2D eigenvalue weighted by Crippen LogP contribution is -2.31. The van der Waals surface area contributed by atoms with Crippen LogP contribution in [0.25, 0.3) is 0 Å². The summed E-state index contributed by atoms with van der Waals surface area (Å²) in [6, 6.07) is 10.1. The van der Waals surface area contributed by atoms with Crippen molar-refractivity contribution >= 4 is 40.7 Å². The van der Waals surface area contributed by atoms with E-state index in [4.69, 9.17) is 32.7 Å². The lowest BCUT2D eigenvalue weighted by Gasteiger charge is -2.17. The van der Waals surface area contributed by atoms with Crippen LogP contribution >= 0.6 is 23.2 Å². The highest BCUT2D eigenvalue weighted by Crippen LogP contribution is 2.37. The Bertz CT molecular complexity index is 919. The number of nitrogens with one attached hydrogen (secondary N) is 1. The van der Waals surface area contributed by atoms with Crippen molar-refractivity contribution in [3.05, 3.63) is 52.0 Å². The number of ether oxygens (including phenoxy) is 2. The summed E-state index contributed by atoms with van der Waals surface area (Å²) in [4.78, 5) is 26.4. The predicted octanol–water partition coefficient (Wildman–Crippen LogP) is 3.51. The largest absolute Gasteiger partial charge is 0.454 e. The molecule has 1 N–H and O–H groups in total. The van der Waals surface area contributed by atoms with Crippen LogP contribution < -0.4 is 19.7 Å². The quantitative estimate of drug-likeness (QED) is 0.843. The number of rotatable bonds is 4. The Hall–Kier alpha value is -2.44. The van der Waals surface area contributed by atoms with Crippen LogP contribution in [-0.4, -0.2) is 31.7 Å². The molecule has 2 aromatic carbocycles. The minimum absolute atomic E-state index is 0.0117. The summed E-state index contributed by atoms with van der Waals surface area (Å²) in [5, 5.41) is 3.61. The van der Waals surface area contributed by atoms with E-state index in [2.05, 4.69) is 5.32 Å². The number of carbonyl (C=O) groups is 2. The Kier molecular flexibility index (Phi) is 4.85. The highest BCUT2D eigenvalue weighted by atomic mass is 35.5. The van der Waals surface area contributed by atoms with E-state index in [1.165, 1.54) is 6.07 Å². The zero-order valence-electron chi connectivity index (χ0n) is 14.2. The molecule has 1 unspecified atom stereocenters. The number of hydrogen-bond donors (Lipinski definition) is 1. The number of nitrogens with zero attached hydrogens (tertiary/aromatic N) is 1. The van der Waals surface area contributed by atoms with E-state index in [1.807, 2.05) is 6.07 Å². The van der Waals surface area contributed by atoms with Crippen LogP contribution in [0.4, 0.5) is 5.69 Å². The molecule has 2 amide bonds. The number of fused-ring (bicyclic) bond motifs is 1. The van der Waals surface area contributed by atoms with E-state index >= 15 is 0 Å². The van der Waals surface area contributed by atoms with Gasteiger partial charge in [0.25, 0.3) is 5.91 Å². The molecule has 1 saturated heterocycles. The number of benzene rings is 2. The fourth-order valence-corrected chi connectivity index (χ4v) is 3.72. The van der Waals surface area contributed by atoms with Gasteiger partial charge >= 0.3 is 0 Å². The second kappa shape index (κ2) is 7.29. The summed E-state index contributed by atoms with van der Waals surface area (Å²) >= 11 is 11.9. The first-order valence-electron chi connectivity index (χ1n) is 8.44. The molecule has 6 nitrogen and oxygen atoms in total. The molecule has 2 heterocycles. The highest BCUT2D eigenvalue weighted by molar-refractivity contribution is 6.36. The molecule has 0 aromatic heterocycles. The van der Waals surface area contributed by atoms with Crippen molar-refractivity contribution < 1.29 is 19.1 Å². The molecule has 8 heteroatoms. The van der Waals surface area contributed by atoms with Gasteiger partial charge < -0.3 is 19.7 Å². The summed E-state index contributed by atoms with van der Waals surface area (Å²) < 4.78 is 10.7. The van der Waals surface area contributed by atoms with Gasteiger partial charge in [0, 0.05) is 42.2 Å². The SMILES string of the molecule is O=C(NCC1CC(=O)N(c2ccc3c(c2)OCO3)C1)c1ccc(Cl)cc1Cl. The molecule has 0 spiro atoms. The Morgan fingerprint density at radius 2 is 1.96 bits per heavy atom. The summed E-state index contributed by atoms with van der Waals surface area (Å²) in [6.45, 7) is 1.09. The van der Waals surface area contributed by atoms with Gasteiger partial charge in [-0.15, -0.1) is 0 Å². The van der Waals surface area contributed by atoms with Crippen LogP contribution in [-0.2, 0) is 4.79 Å². The van der Waals surface area contributed by atoms with E-state index in [0.717, 1.165) is 5.69 Å². The molecule has 2 aromatic rings. The Balaban J connectivity index is 1.39. The Labute approximate surface area is 165 Å². The first-order valence-corrected chi connectivity index (χ1v) is 9.20. The number of amides is 2. The second-order valence-corrected chi connectivity index (χ2v) is 7.29. The van der Waals surface area contributed by atoms with Crippen molar-refractivity contribution in [2.24, 2.45) is 5.92 Å². The van der Waals surface area contributed by atoms with Crippen LogP contribution in [0.15, 0.2) is 36.4 Å². The van der Waals surface area contributed by atoms with Gasteiger partial charge in [-0.05, 0) is 30.3 Å². The third-order valence-electron chi connectivity index (χ3n) is 4.60. The minimum Gasteiger partial charge on any atom is -0.454 e. The first-order chi connectivity index (χ1) is 13.0. The third kappa shape index (κ3) is 3.68. The van der Waals surface area contributed by atoms with Crippen molar-refractivity contribution in [2.75, 3.05) is 24.8 Å². The maximum absolute atomic E-state index is 12.4. The van der Waals surface area contributed by atoms with E-state index in [1.54, 1.807) is 29.2 Å².